The van der Waals surface area contributed by atoms with Gasteiger partial charge in [0.2, 0.25) is 0 Å². The van der Waals surface area contributed by atoms with Crippen LogP contribution in [0.25, 0.3) is 22.0 Å². The Balaban J connectivity index is 1.54. The van der Waals surface area contributed by atoms with Crippen molar-refractivity contribution in [2.45, 2.75) is 19.9 Å². The maximum Gasteiger partial charge on any atom is 0.140 e. The number of hydrogen-bond acceptors (Lipinski definition) is 4. The molecule has 0 saturated carbocycles. The van der Waals surface area contributed by atoms with Crippen molar-refractivity contribution in [3.8, 4) is 11.1 Å². The van der Waals surface area contributed by atoms with Gasteiger partial charge in [0, 0.05) is 42.4 Å². The molecule has 0 unspecified atom stereocenters. The minimum atomic E-state index is -0.274. The quantitative estimate of drug-likeness (QED) is 0.513. The summed E-state index contributed by atoms with van der Waals surface area (Å²) >= 11 is 0. The van der Waals surface area contributed by atoms with E-state index in [0.29, 0.717) is 6.54 Å². The highest BCUT2D eigenvalue weighted by molar-refractivity contribution is 5.89. The lowest BCUT2D eigenvalue weighted by molar-refractivity contribution is 0.629. The van der Waals surface area contributed by atoms with Crippen LogP contribution in [-0.4, -0.2) is 21.5 Å². The number of pyridine rings is 1. The van der Waals surface area contributed by atoms with Gasteiger partial charge in [0.1, 0.15) is 18.0 Å². The number of aromatic nitrogens is 3. The highest BCUT2D eigenvalue weighted by atomic mass is 19.1. The van der Waals surface area contributed by atoms with Gasteiger partial charge in [-0.1, -0.05) is 24.3 Å². The lowest BCUT2D eigenvalue weighted by Crippen LogP contribution is -2.31. The molecule has 28 heavy (non-hydrogen) atoms. The Morgan fingerprint density at radius 1 is 1.00 bits per heavy atom. The Morgan fingerprint density at radius 2 is 1.89 bits per heavy atom. The lowest BCUT2D eigenvalue weighted by atomic mass is 9.97. The molecule has 0 bridgehead atoms. The summed E-state index contributed by atoms with van der Waals surface area (Å²) in [5.74, 6) is 0.501. The van der Waals surface area contributed by atoms with Crippen LogP contribution in [0.15, 0.2) is 61.1 Å². The largest absolute Gasteiger partial charge is 0.351 e. The molecule has 138 valence electrons. The summed E-state index contributed by atoms with van der Waals surface area (Å²) < 4.78 is 13.8. The van der Waals surface area contributed by atoms with Gasteiger partial charge in [0.15, 0.2) is 0 Å². The summed E-state index contributed by atoms with van der Waals surface area (Å²) in [4.78, 5) is 15.6. The SMILES string of the molecule is Cc1ccccc1-c1cnc2c(c1)CN(c1ncnc3ccc(F)cc13)CC2. The minimum absolute atomic E-state index is 0.274. The summed E-state index contributed by atoms with van der Waals surface area (Å²) in [6.07, 6.45) is 4.35. The molecule has 4 nitrogen and oxygen atoms in total. The molecular formula is C23H19FN4. The van der Waals surface area contributed by atoms with Crippen molar-refractivity contribution in [3.63, 3.8) is 0 Å². The Kier molecular flexibility index (Phi) is 4.01. The normalized spacial score (nSPS) is 13.6. The topological polar surface area (TPSA) is 41.9 Å². The van der Waals surface area contributed by atoms with Crippen LogP contribution in [0.5, 0.6) is 0 Å². The second-order valence-electron chi connectivity index (χ2n) is 7.18. The standard InChI is InChI=1S/C23H19FN4/c1-15-4-2-3-5-19(15)16-10-17-13-28(9-8-21(17)25-12-16)23-20-11-18(24)6-7-22(20)26-14-27-23/h2-7,10-12,14H,8-9,13H2,1H3. The smallest absolute Gasteiger partial charge is 0.140 e. The second-order valence-corrected chi connectivity index (χ2v) is 7.18. The zero-order valence-corrected chi connectivity index (χ0v) is 15.6. The third-order valence-corrected chi connectivity index (χ3v) is 5.37. The van der Waals surface area contributed by atoms with E-state index in [1.165, 1.54) is 28.8 Å². The summed E-state index contributed by atoms with van der Waals surface area (Å²) in [5, 5.41) is 0.744. The van der Waals surface area contributed by atoms with Crippen molar-refractivity contribution in [2.75, 3.05) is 11.4 Å². The van der Waals surface area contributed by atoms with Gasteiger partial charge in [-0.25, -0.2) is 14.4 Å². The summed E-state index contributed by atoms with van der Waals surface area (Å²) in [6.45, 7) is 3.61. The van der Waals surface area contributed by atoms with Crippen LogP contribution in [-0.2, 0) is 13.0 Å². The number of anilines is 1. The number of halogens is 1. The van der Waals surface area contributed by atoms with Gasteiger partial charge in [-0.3, -0.25) is 4.98 Å². The molecule has 5 heteroatoms. The molecule has 5 rings (SSSR count). The van der Waals surface area contributed by atoms with Gasteiger partial charge < -0.3 is 4.90 Å². The Morgan fingerprint density at radius 3 is 2.79 bits per heavy atom. The molecule has 0 saturated heterocycles. The van der Waals surface area contributed by atoms with Crippen molar-refractivity contribution in [3.05, 3.63) is 83.7 Å². The Hall–Kier alpha value is -3.34. The number of rotatable bonds is 2. The minimum Gasteiger partial charge on any atom is -0.351 e. The molecule has 3 heterocycles. The van der Waals surface area contributed by atoms with Crippen LogP contribution in [0.3, 0.4) is 0 Å². The maximum atomic E-state index is 13.8. The second kappa shape index (κ2) is 6.68. The van der Waals surface area contributed by atoms with E-state index in [9.17, 15) is 4.39 Å². The predicted octanol–water partition coefficient (Wildman–Crippen LogP) is 4.70. The zero-order chi connectivity index (χ0) is 19.1. The fourth-order valence-corrected chi connectivity index (χ4v) is 3.92. The highest BCUT2D eigenvalue weighted by Crippen LogP contribution is 2.30. The monoisotopic (exact) mass is 370 g/mol. The van der Waals surface area contributed by atoms with Crippen LogP contribution in [0, 0.1) is 12.7 Å². The first-order chi connectivity index (χ1) is 13.7. The average Bonchev–Trinajstić information content (AvgIpc) is 2.73. The van der Waals surface area contributed by atoms with E-state index in [0.717, 1.165) is 40.9 Å². The van der Waals surface area contributed by atoms with E-state index >= 15 is 0 Å². The van der Waals surface area contributed by atoms with E-state index in [4.69, 9.17) is 4.98 Å². The van der Waals surface area contributed by atoms with Gasteiger partial charge in [-0.15, -0.1) is 0 Å². The summed E-state index contributed by atoms with van der Waals surface area (Å²) in [7, 11) is 0. The third kappa shape index (κ3) is 2.89. The van der Waals surface area contributed by atoms with Gasteiger partial charge in [-0.2, -0.15) is 0 Å². The van der Waals surface area contributed by atoms with Crippen LogP contribution < -0.4 is 4.90 Å². The fourth-order valence-electron chi connectivity index (χ4n) is 3.92. The van der Waals surface area contributed by atoms with Crippen molar-refractivity contribution in [2.24, 2.45) is 0 Å². The predicted molar refractivity (Wildman–Crippen MR) is 109 cm³/mol. The molecule has 2 aromatic carbocycles. The summed E-state index contributed by atoms with van der Waals surface area (Å²) in [5.41, 5.74) is 6.62. The fraction of sp³-hybridized carbons (Fsp3) is 0.174. The lowest BCUT2D eigenvalue weighted by Gasteiger charge is -2.30. The van der Waals surface area contributed by atoms with Gasteiger partial charge in [0.05, 0.1) is 5.52 Å². The van der Waals surface area contributed by atoms with Crippen LogP contribution >= 0.6 is 0 Å². The molecule has 1 aliphatic heterocycles. The first-order valence-corrected chi connectivity index (χ1v) is 9.38. The van der Waals surface area contributed by atoms with Gasteiger partial charge in [0.25, 0.3) is 0 Å². The maximum absolute atomic E-state index is 13.8. The molecule has 0 atom stereocenters. The van der Waals surface area contributed by atoms with E-state index in [1.807, 2.05) is 12.3 Å². The number of aryl methyl sites for hydroxylation is 1. The Bertz CT molecular complexity index is 1190. The average molecular weight is 370 g/mol. The van der Waals surface area contributed by atoms with Crippen molar-refractivity contribution < 1.29 is 4.39 Å². The number of benzene rings is 2. The van der Waals surface area contributed by atoms with E-state index in [2.05, 4.69) is 46.1 Å². The molecule has 4 aromatic rings. The van der Waals surface area contributed by atoms with Crippen molar-refractivity contribution >= 4 is 16.7 Å². The van der Waals surface area contributed by atoms with Crippen LogP contribution in [0.2, 0.25) is 0 Å². The first-order valence-electron chi connectivity index (χ1n) is 9.38. The zero-order valence-electron chi connectivity index (χ0n) is 15.6. The highest BCUT2D eigenvalue weighted by Gasteiger charge is 2.21. The third-order valence-electron chi connectivity index (χ3n) is 5.37. The molecule has 0 N–H and O–H groups in total. The molecule has 0 fully saturated rings. The van der Waals surface area contributed by atoms with E-state index < -0.39 is 0 Å². The van der Waals surface area contributed by atoms with Crippen molar-refractivity contribution in [1.29, 1.82) is 0 Å². The van der Waals surface area contributed by atoms with Crippen LogP contribution in [0.1, 0.15) is 16.8 Å². The van der Waals surface area contributed by atoms with E-state index in [1.54, 1.807) is 12.4 Å². The van der Waals surface area contributed by atoms with Gasteiger partial charge >= 0.3 is 0 Å². The number of hydrogen-bond donors (Lipinski definition) is 0. The Labute approximate surface area is 162 Å². The first kappa shape index (κ1) is 16.8. The van der Waals surface area contributed by atoms with Crippen LogP contribution in [0.4, 0.5) is 10.2 Å². The summed E-state index contributed by atoms with van der Waals surface area (Å²) in [6, 6.07) is 15.2. The molecule has 0 amide bonds. The molecular weight excluding hydrogens is 351 g/mol. The molecule has 1 aliphatic rings. The molecule has 0 spiro atoms. The van der Waals surface area contributed by atoms with Crippen molar-refractivity contribution in [1.82, 2.24) is 15.0 Å². The number of nitrogens with zero attached hydrogens (tertiary/aromatic N) is 4. The number of fused-ring (bicyclic) bond motifs is 2. The van der Waals surface area contributed by atoms with E-state index in [-0.39, 0.29) is 5.82 Å². The molecule has 0 aliphatic carbocycles. The molecule has 2 aromatic heterocycles. The molecule has 0 radical (unpaired) electrons. The van der Waals surface area contributed by atoms with Gasteiger partial charge in [-0.05, 0) is 47.9 Å².